The summed E-state index contributed by atoms with van der Waals surface area (Å²) < 4.78 is 37.5. The fourth-order valence-corrected chi connectivity index (χ4v) is 1.44. The van der Waals surface area contributed by atoms with E-state index in [2.05, 4.69) is 10.6 Å². The second-order valence-corrected chi connectivity index (χ2v) is 3.89. The number of aromatic carboxylic acids is 1. The van der Waals surface area contributed by atoms with Gasteiger partial charge in [-0.3, -0.25) is 4.79 Å². The van der Waals surface area contributed by atoms with Crippen LogP contribution in [0.25, 0.3) is 0 Å². The summed E-state index contributed by atoms with van der Waals surface area (Å²) in [7, 11) is 0. The second kappa shape index (κ2) is 6.38. The van der Waals surface area contributed by atoms with Crippen LogP contribution in [0.3, 0.4) is 0 Å². The highest BCUT2D eigenvalue weighted by molar-refractivity contribution is 6.01. The minimum absolute atomic E-state index is 0.0589. The van der Waals surface area contributed by atoms with E-state index in [9.17, 15) is 22.8 Å². The molecule has 0 bridgehead atoms. The molecule has 5 nitrogen and oxygen atoms in total. The quantitative estimate of drug-likeness (QED) is 0.774. The summed E-state index contributed by atoms with van der Waals surface area (Å²) in [5.74, 6) is -2.08. The van der Waals surface area contributed by atoms with Crippen LogP contribution < -0.4 is 10.6 Å². The Morgan fingerprint density at radius 1 is 1.30 bits per heavy atom. The van der Waals surface area contributed by atoms with E-state index in [4.69, 9.17) is 5.11 Å². The molecule has 8 heteroatoms. The lowest BCUT2D eigenvalue weighted by Crippen LogP contribution is -2.28. The average molecular weight is 290 g/mol. The van der Waals surface area contributed by atoms with E-state index < -0.39 is 29.2 Å². The molecule has 0 atom stereocenters. The van der Waals surface area contributed by atoms with Gasteiger partial charge in [0.25, 0.3) is 0 Å². The molecular formula is C12H13F3N2O3. The van der Waals surface area contributed by atoms with Crippen LogP contribution in [0.5, 0.6) is 0 Å². The monoisotopic (exact) mass is 290 g/mol. The van der Waals surface area contributed by atoms with Gasteiger partial charge in [-0.1, -0.05) is 6.92 Å². The molecule has 0 aliphatic carbocycles. The zero-order chi connectivity index (χ0) is 15.3. The molecule has 0 aromatic heterocycles. The van der Waals surface area contributed by atoms with Crippen molar-refractivity contribution < 1.29 is 27.9 Å². The topological polar surface area (TPSA) is 78.4 Å². The van der Waals surface area contributed by atoms with Crippen LogP contribution in [-0.2, 0) is 11.0 Å². The Morgan fingerprint density at radius 2 is 1.95 bits per heavy atom. The number of carboxylic acids is 1. The first kappa shape index (κ1) is 16.0. The Morgan fingerprint density at radius 3 is 2.45 bits per heavy atom. The normalized spacial score (nSPS) is 11.2. The van der Waals surface area contributed by atoms with Gasteiger partial charge in [0.05, 0.1) is 23.4 Å². The van der Waals surface area contributed by atoms with Gasteiger partial charge in [0.2, 0.25) is 5.91 Å². The Kier molecular flexibility index (Phi) is 5.09. The molecule has 20 heavy (non-hydrogen) atoms. The molecule has 0 saturated heterocycles. The maximum atomic E-state index is 12.5. The van der Waals surface area contributed by atoms with Crippen molar-refractivity contribution in [3.05, 3.63) is 29.3 Å². The summed E-state index contributed by atoms with van der Waals surface area (Å²) in [5, 5.41) is 13.9. The van der Waals surface area contributed by atoms with E-state index in [1.54, 1.807) is 6.92 Å². The first-order valence-electron chi connectivity index (χ1n) is 5.70. The molecule has 110 valence electrons. The summed E-state index contributed by atoms with van der Waals surface area (Å²) in [5.41, 5.74) is -1.86. The van der Waals surface area contributed by atoms with E-state index in [-0.39, 0.29) is 12.2 Å². The zero-order valence-corrected chi connectivity index (χ0v) is 10.5. The van der Waals surface area contributed by atoms with E-state index in [0.29, 0.717) is 12.6 Å². The molecule has 0 aliphatic heterocycles. The van der Waals surface area contributed by atoms with Crippen molar-refractivity contribution in [1.82, 2.24) is 5.32 Å². The number of nitrogens with one attached hydrogen (secondary N) is 2. The van der Waals surface area contributed by atoms with Crippen LogP contribution >= 0.6 is 0 Å². The third-order valence-corrected chi connectivity index (χ3v) is 2.39. The number of hydrogen-bond acceptors (Lipinski definition) is 3. The van der Waals surface area contributed by atoms with E-state index in [1.165, 1.54) is 0 Å². The molecule has 1 amide bonds. The SMILES string of the molecule is CCNCC(=O)Nc1ccc(C(F)(F)F)cc1C(=O)O. The zero-order valence-electron chi connectivity index (χ0n) is 10.5. The molecule has 0 fully saturated rings. The number of halogens is 3. The molecule has 1 aromatic rings. The number of carbonyl (C=O) groups is 2. The van der Waals surface area contributed by atoms with Crippen molar-refractivity contribution in [2.45, 2.75) is 13.1 Å². The lowest BCUT2D eigenvalue weighted by Gasteiger charge is -2.12. The van der Waals surface area contributed by atoms with Crippen molar-refractivity contribution in [2.24, 2.45) is 0 Å². The van der Waals surface area contributed by atoms with E-state index >= 15 is 0 Å². The molecule has 0 heterocycles. The van der Waals surface area contributed by atoms with Crippen molar-refractivity contribution in [3.63, 3.8) is 0 Å². The van der Waals surface area contributed by atoms with Crippen molar-refractivity contribution in [2.75, 3.05) is 18.4 Å². The highest BCUT2D eigenvalue weighted by Crippen LogP contribution is 2.31. The first-order valence-corrected chi connectivity index (χ1v) is 5.70. The number of carbonyl (C=O) groups excluding carboxylic acids is 1. The van der Waals surface area contributed by atoms with E-state index in [0.717, 1.165) is 12.1 Å². The number of rotatable bonds is 5. The van der Waals surface area contributed by atoms with Gasteiger partial charge in [-0.05, 0) is 24.7 Å². The highest BCUT2D eigenvalue weighted by atomic mass is 19.4. The number of benzene rings is 1. The molecule has 0 saturated carbocycles. The maximum absolute atomic E-state index is 12.5. The summed E-state index contributed by atoms with van der Waals surface area (Å²) >= 11 is 0. The number of likely N-dealkylation sites (N-methyl/N-ethyl adjacent to an activating group) is 1. The van der Waals surface area contributed by atoms with Gasteiger partial charge >= 0.3 is 12.1 Å². The van der Waals surface area contributed by atoms with Gasteiger partial charge in [-0.25, -0.2) is 4.79 Å². The molecule has 3 N–H and O–H groups in total. The summed E-state index contributed by atoms with van der Waals surface area (Å²) in [6.45, 7) is 2.25. The molecule has 0 unspecified atom stereocenters. The Labute approximate surface area is 112 Å². The van der Waals surface area contributed by atoms with Crippen molar-refractivity contribution in [1.29, 1.82) is 0 Å². The van der Waals surface area contributed by atoms with Gasteiger partial charge in [0.1, 0.15) is 0 Å². The number of carboxylic acid groups (broad SMARTS) is 1. The number of hydrogen-bond donors (Lipinski definition) is 3. The maximum Gasteiger partial charge on any atom is 0.416 e. The Hall–Kier alpha value is -2.09. The highest BCUT2D eigenvalue weighted by Gasteiger charge is 2.31. The second-order valence-electron chi connectivity index (χ2n) is 3.89. The summed E-state index contributed by atoms with van der Waals surface area (Å²) in [4.78, 5) is 22.4. The van der Waals surface area contributed by atoms with Gasteiger partial charge in [-0.15, -0.1) is 0 Å². The van der Waals surface area contributed by atoms with Crippen molar-refractivity contribution >= 4 is 17.6 Å². The Bertz CT molecular complexity index is 515. The Balaban J connectivity index is 3.02. The molecular weight excluding hydrogens is 277 g/mol. The lowest BCUT2D eigenvalue weighted by molar-refractivity contribution is -0.137. The van der Waals surface area contributed by atoms with Crippen molar-refractivity contribution in [3.8, 4) is 0 Å². The van der Waals surface area contributed by atoms with Gasteiger partial charge in [-0.2, -0.15) is 13.2 Å². The van der Waals surface area contributed by atoms with Gasteiger partial charge in [0, 0.05) is 0 Å². The summed E-state index contributed by atoms with van der Waals surface area (Å²) in [6.07, 6.45) is -4.64. The summed E-state index contributed by atoms with van der Waals surface area (Å²) in [6, 6.07) is 2.14. The molecule has 1 rings (SSSR count). The predicted octanol–water partition coefficient (Wildman–Crippen LogP) is 1.95. The standard InChI is InChI=1S/C12H13F3N2O3/c1-2-16-6-10(18)17-9-4-3-7(12(13,14)15)5-8(9)11(19)20/h3-5,16H,2,6H2,1H3,(H,17,18)(H,19,20). The largest absolute Gasteiger partial charge is 0.478 e. The third-order valence-electron chi connectivity index (χ3n) is 2.39. The molecule has 0 spiro atoms. The molecule has 0 radical (unpaired) electrons. The minimum atomic E-state index is -4.64. The van der Waals surface area contributed by atoms with Crippen LogP contribution in [0.1, 0.15) is 22.8 Å². The number of alkyl halides is 3. The minimum Gasteiger partial charge on any atom is -0.478 e. The third kappa shape index (κ3) is 4.23. The average Bonchev–Trinajstić information content (AvgIpc) is 2.35. The van der Waals surface area contributed by atoms with Crippen LogP contribution in [0, 0.1) is 0 Å². The predicted molar refractivity (Wildman–Crippen MR) is 65.6 cm³/mol. The van der Waals surface area contributed by atoms with Crippen LogP contribution in [0.4, 0.5) is 18.9 Å². The van der Waals surface area contributed by atoms with Crippen LogP contribution in [-0.4, -0.2) is 30.1 Å². The van der Waals surface area contributed by atoms with Crippen LogP contribution in [0.15, 0.2) is 18.2 Å². The smallest absolute Gasteiger partial charge is 0.416 e. The van der Waals surface area contributed by atoms with Crippen LogP contribution in [0.2, 0.25) is 0 Å². The van der Waals surface area contributed by atoms with Gasteiger partial charge in [0.15, 0.2) is 0 Å². The number of anilines is 1. The van der Waals surface area contributed by atoms with Gasteiger partial charge < -0.3 is 15.7 Å². The fraction of sp³-hybridized carbons (Fsp3) is 0.333. The number of amides is 1. The first-order chi connectivity index (χ1) is 9.25. The van der Waals surface area contributed by atoms with E-state index in [1.807, 2.05) is 0 Å². The molecule has 0 aliphatic rings. The fourth-order valence-electron chi connectivity index (χ4n) is 1.44. The molecule has 1 aromatic carbocycles. The lowest BCUT2D eigenvalue weighted by atomic mass is 10.1.